The van der Waals surface area contributed by atoms with E-state index >= 15 is 0 Å². The molecule has 5 nitrogen and oxygen atoms in total. The highest BCUT2D eigenvalue weighted by atomic mass is 32.2. The predicted molar refractivity (Wildman–Crippen MR) is 101 cm³/mol. The van der Waals surface area contributed by atoms with Gasteiger partial charge in [0.15, 0.2) is 4.80 Å². The normalized spacial score (nSPS) is 11.8. The number of rotatable bonds is 5. The minimum atomic E-state index is -0.385. The Labute approximate surface area is 155 Å². The lowest BCUT2D eigenvalue weighted by Crippen LogP contribution is -2.14. The van der Waals surface area contributed by atoms with Crippen molar-refractivity contribution in [2.45, 2.75) is 37.8 Å². The minimum absolute atomic E-state index is 0.312. The molecule has 2 rings (SSSR count). The Morgan fingerprint density at radius 3 is 2.48 bits per heavy atom. The van der Waals surface area contributed by atoms with Crippen molar-refractivity contribution < 1.29 is 14.3 Å². The van der Waals surface area contributed by atoms with E-state index in [2.05, 4.69) is 18.8 Å². The molecular weight excluding hydrogens is 356 g/mol. The molecule has 0 radical (unpaired) electrons. The predicted octanol–water partition coefficient (Wildman–Crippen LogP) is 3.81. The molecule has 0 atom stereocenters. The van der Waals surface area contributed by atoms with E-state index in [1.807, 2.05) is 19.1 Å². The first-order valence-electron chi connectivity index (χ1n) is 8.02. The average Bonchev–Trinajstić information content (AvgIpc) is 2.83. The molecule has 1 aromatic heterocycles. The van der Waals surface area contributed by atoms with E-state index in [0.717, 1.165) is 10.6 Å². The van der Waals surface area contributed by atoms with E-state index in [0.29, 0.717) is 27.1 Å². The van der Waals surface area contributed by atoms with Crippen molar-refractivity contribution in [1.82, 2.24) is 4.57 Å². The fourth-order valence-electron chi connectivity index (χ4n) is 2.11. The van der Waals surface area contributed by atoms with E-state index < -0.39 is 0 Å². The standard InChI is InChI=1S/C18H22N2O3S2/c1-6-23-17(22)15-12(4)20(5)18(25-15)19-16(21)13-7-9-14(10-8-13)24-11(2)3/h7-11H,6H2,1-5H3. The van der Waals surface area contributed by atoms with Crippen LogP contribution >= 0.6 is 23.1 Å². The zero-order valence-corrected chi connectivity index (χ0v) is 16.7. The highest BCUT2D eigenvalue weighted by Gasteiger charge is 2.16. The summed E-state index contributed by atoms with van der Waals surface area (Å²) in [6.45, 7) is 8.13. The number of carbonyl (C=O) groups is 2. The summed E-state index contributed by atoms with van der Waals surface area (Å²) in [6, 6.07) is 7.42. The summed E-state index contributed by atoms with van der Waals surface area (Å²) >= 11 is 2.91. The smallest absolute Gasteiger partial charge is 0.350 e. The molecule has 0 saturated heterocycles. The van der Waals surface area contributed by atoms with E-state index in [4.69, 9.17) is 4.74 Å². The molecule has 1 amide bonds. The van der Waals surface area contributed by atoms with Crippen molar-refractivity contribution in [3.63, 3.8) is 0 Å². The second kappa shape index (κ2) is 8.49. The zero-order chi connectivity index (χ0) is 18.6. The lowest BCUT2D eigenvalue weighted by atomic mass is 10.2. The van der Waals surface area contributed by atoms with Gasteiger partial charge >= 0.3 is 5.97 Å². The molecule has 0 aliphatic carbocycles. The molecule has 0 unspecified atom stereocenters. The molecule has 0 spiro atoms. The first kappa shape index (κ1) is 19.5. The summed E-state index contributed by atoms with van der Waals surface area (Å²) in [6.07, 6.45) is 0. The monoisotopic (exact) mass is 378 g/mol. The average molecular weight is 379 g/mol. The van der Waals surface area contributed by atoms with Crippen LogP contribution in [0.1, 0.15) is 46.5 Å². The number of hydrogen-bond donors (Lipinski definition) is 0. The Balaban J connectivity index is 2.29. The Morgan fingerprint density at radius 2 is 1.92 bits per heavy atom. The van der Waals surface area contributed by atoms with Crippen LogP contribution < -0.4 is 4.80 Å². The summed E-state index contributed by atoms with van der Waals surface area (Å²) in [5, 5.41) is 0.487. The van der Waals surface area contributed by atoms with Crippen LogP contribution in [-0.2, 0) is 11.8 Å². The van der Waals surface area contributed by atoms with Crippen LogP contribution in [0.2, 0.25) is 0 Å². The van der Waals surface area contributed by atoms with Crippen molar-refractivity contribution in [2.24, 2.45) is 12.0 Å². The van der Waals surface area contributed by atoms with Gasteiger partial charge in [0.2, 0.25) is 0 Å². The van der Waals surface area contributed by atoms with Gasteiger partial charge in [0.05, 0.1) is 6.61 Å². The fraction of sp³-hybridized carbons (Fsp3) is 0.389. The second-order valence-electron chi connectivity index (χ2n) is 5.69. The summed E-state index contributed by atoms with van der Waals surface area (Å²) in [5.41, 5.74) is 1.26. The number of thioether (sulfide) groups is 1. The second-order valence-corrected chi connectivity index (χ2v) is 8.31. The van der Waals surface area contributed by atoms with Crippen LogP contribution in [0.5, 0.6) is 0 Å². The number of hydrogen-bond acceptors (Lipinski definition) is 5. The van der Waals surface area contributed by atoms with Crippen molar-refractivity contribution in [3.8, 4) is 0 Å². The van der Waals surface area contributed by atoms with Gasteiger partial charge in [-0.15, -0.1) is 11.8 Å². The molecule has 25 heavy (non-hydrogen) atoms. The first-order chi connectivity index (χ1) is 11.8. The van der Waals surface area contributed by atoms with E-state index in [1.165, 1.54) is 11.3 Å². The summed E-state index contributed by atoms with van der Waals surface area (Å²) in [7, 11) is 1.78. The van der Waals surface area contributed by atoms with E-state index in [1.54, 1.807) is 42.4 Å². The number of carbonyl (C=O) groups excluding carboxylic acids is 2. The maximum atomic E-state index is 12.4. The van der Waals surface area contributed by atoms with Gasteiger partial charge in [-0.25, -0.2) is 4.79 Å². The molecule has 2 aromatic rings. The number of thiazole rings is 1. The molecule has 134 valence electrons. The number of nitrogens with zero attached hydrogens (tertiary/aromatic N) is 2. The van der Waals surface area contributed by atoms with Crippen LogP contribution in [-0.4, -0.2) is 28.3 Å². The van der Waals surface area contributed by atoms with Crippen LogP contribution in [0, 0.1) is 6.92 Å². The third-order valence-corrected chi connectivity index (χ3v) is 5.67. The molecule has 0 aliphatic rings. The maximum Gasteiger partial charge on any atom is 0.350 e. The van der Waals surface area contributed by atoms with Gasteiger partial charge in [0, 0.05) is 28.5 Å². The fourth-order valence-corrected chi connectivity index (χ4v) is 3.96. The topological polar surface area (TPSA) is 60.7 Å². The van der Waals surface area contributed by atoms with Crippen LogP contribution in [0.4, 0.5) is 0 Å². The summed E-state index contributed by atoms with van der Waals surface area (Å²) in [5.74, 6) is -0.710. The lowest BCUT2D eigenvalue weighted by molar-refractivity contribution is 0.0530. The molecule has 1 aromatic carbocycles. The van der Waals surface area contributed by atoms with Gasteiger partial charge in [-0.3, -0.25) is 4.79 Å². The highest BCUT2D eigenvalue weighted by Crippen LogP contribution is 2.23. The number of esters is 1. The number of ether oxygens (including phenoxy) is 1. The van der Waals surface area contributed by atoms with Gasteiger partial charge in [0.25, 0.3) is 5.91 Å². The van der Waals surface area contributed by atoms with Crippen molar-refractivity contribution in [3.05, 3.63) is 45.2 Å². The summed E-state index contributed by atoms with van der Waals surface area (Å²) in [4.78, 5) is 30.6. The van der Waals surface area contributed by atoms with Crippen LogP contribution in [0.15, 0.2) is 34.2 Å². The Morgan fingerprint density at radius 1 is 1.28 bits per heavy atom. The van der Waals surface area contributed by atoms with Gasteiger partial charge in [0.1, 0.15) is 4.88 Å². The van der Waals surface area contributed by atoms with E-state index in [9.17, 15) is 9.59 Å². The zero-order valence-electron chi connectivity index (χ0n) is 15.0. The number of benzene rings is 1. The number of aromatic nitrogens is 1. The first-order valence-corrected chi connectivity index (χ1v) is 9.72. The molecule has 0 N–H and O–H groups in total. The Kier molecular flexibility index (Phi) is 6.61. The SMILES string of the molecule is CCOC(=O)c1sc(=NC(=O)c2ccc(SC(C)C)cc2)n(C)c1C. The van der Waals surface area contributed by atoms with Gasteiger partial charge < -0.3 is 9.30 Å². The lowest BCUT2D eigenvalue weighted by Gasteiger charge is -2.04. The van der Waals surface area contributed by atoms with Crippen molar-refractivity contribution in [1.29, 1.82) is 0 Å². The largest absolute Gasteiger partial charge is 0.462 e. The molecule has 0 fully saturated rings. The number of amides is 1. The van der Waals surface area contributed by atoms with E-state index in [-0.39, 0.29) is 11.9 Å². The highest BCUT2D eigenvalue weighted by molar-refractivity contribution is 7.99. The van der Waals surface area contributed by atoms with Crippen LogP contribution in [0.25, 0.3) is 0 Å². The molecule has 0 aliphatic heterocycles. The Bertz CT molecular complexity index is 833. The van der Waals surface area contributed by atoms with Gasteiger partial charge in [-0.1, -0.05) is 25.2 Å². The third-order valence-electron chi connectivity index (χ3n) is 3.44. The molecule has 0 bridgehead atoms. The molecule has 0 saturated carbocycles. The van der Waals surface area contributed by atoms with Crippen LogP contribution in [0.3, 0.4) is 0 Å². The Hall–Kier alpha value is -1.86. The molecular formula is C18H22N2O3S2. The maximum absolute atomic E-state index is 12.4. The van der Waals surface area contributed by atoms with Crippen molar-refractivity contribution in [2.75, 3.05) is 6.61 Å². The molecule has 1 heterocycles. The van der Waals surface area contributed by atoms with Gasteiger partial charge in [-0.2, -0.15) is 4.99 Å². The quantitative estimate of drug-likeness (QED) is 0.586. The third kappa shape index (κ3) is 4.83. The van der Waals surface area contributed by atoms with Crippen molar-refractivity contribution >= 4 is 35.0 Å². The minimum Gasteiger partial charge on any atom is -0.462 e. The molecule has 7 heteroatoms. The van der Waals surface area contributed by atoms with Gasteiger partial charge in [-0.05, 0) is 38.1 Å². The summed E-state index contributed by atoms with van der Waals surface area (Å²) < 4.78 is 6.77.